The van der Waals surface area contributed by atoms with Crippen molar-refractivity contribution in [2.75, 3.05) is 11.9 Å². The molecular weight excluding hydrogens is 220 g/mol. The van der Waals surface area contributed by atoms with Crippen molar-refractivity contribution in [3.05, 3.63) is 27.9 Å². The van der Waals surface area contributed by atoms with Crippen molar-refractivity contribution in [2.45, 2.75) is 13.3 Å². The fourth-order valence-corrected chi connectivity index (χ4v) is 1.16. The van der Waals surface area contributed by atoms with Gasteiger partial charge < -0.3 is 5.32 Å². The second kappa shape index (κ2) is 6.09. The number of pyridine rings is 1. The minimum Gasteiger partial charge on any atom is -0.363 e. The van der Waals surface area contributed by atoms with Crippen LogP contribution in [0.25, 0.3) is 0 Å². The van der Waals surface area contributed by atoms with E-state index in [0.29, 0.717) is 13.0 Å². The first-order valence-electron chi connectivity index (χ1n) is 4.87. The van der Waals surface area contributed by atoms with Crippen molar-refractivity contribution >= 4 is 11.5 Å². The van der Waals surface area contributed by atoms with Crippen LogP contribution in [0.3, 0.4) is 0 Å². The van der Waals surface area contributed by atoms with Gasteiger partial charge in [-0.1, -0.05) is 0 Å². The van der Waals surface area contributed by atoms with Crippen molar-refractivity contribution < 1.29 is 4.92 Å². The van der Waals surface area contributed by atoms with Crippen LogP contribution < -0.4 is 5.32 Å². The summed E-state index contributed by atoms with van der Waals surface area (Å²) in [5, 5.41) is 22.2. The maximum absolute atomic E-state index is 10.8. The van der Waals surface area contributed by atoms with E-state index in [0.717, 1.165) is 0 Å². The highest BCUT2D eigenvalue weighted by molar-refractivity contribution is 5.58. The quantitative estimate of drug-likeness (QED) is 0.367. The van der Waals surface area contributed by atoms with Crippen LogP contribution in [0, 0.1) is 33.3 Å². The molecule has 0 aliphatic carbocycles. The molecule has 0 spiro atoms. The summed E-state index contributed by atoms with van der Waals surface area (Å²) in [6.45, 7) is 2.20. The molecule has 0 amide bonds. The van der Waals surface area contributed by atoms with Crippen molar-refractivity contribution in [3.63, 3.8) is 0 Å². The molecule has 1 aromatic rings. The van der Waals surface area contributed by atoms with Gasteiger partial charge in [0.25, 0.3) is 0 Å². The Balaban J connectivity index is 2.86. The van der Waals surface area contributed by atoms with Crippen LogP contribution in [0.5, 0.6) is 0 Å². The summed E-state index contributed by atoms with van der Waals surface area (Å²) in [5.74, 6) is 5.71. The molecule has 0 radical (unpaired) electrons. The number of hydrogen-bond acceptors (Lipinski definition) is 5. The molecule has 0 aliphatic heterocycles. The average molecular weight is 230 g/mol. The molecule has 86 valence electrons. The van der Waals surface area contributed by atoms with E-state index in [9.17, 15) is 10.1 Å². The van der Waals surface area contributed by atoms with Crippen LogP contribution in [0.2, 0.25) is 0 Å². The predicted octanol–water partition coefficient (Wildman–Crippen LogP) is 1.69. The van der Waals surface area contributed by atoms with Gasteiger partial charge in [-0.3, -0.25) is 10.1 Å². The third-order valence-corrected chi connectivity index (χ3v) is 1.91. The van der Waals surface area contributed by atoms with Crippen LogP contribution in [0.1, 0.15) is 18.9 Å². The van der Waals surface area contributed by atoms with Gasteiger partial charge in [-0.25, -0.2) is 4.98 Å². The largest absolute Gasteiger partial charge is 0.363 e. The fourth-order valence-electron chi connectivity index (χ4n) is 1.16. The highest BCUT2D eigenvalue weighted by Crippen LogP contribution is 2.22. The standard InChI is InChI=1S/C11H10N4O2/c1-2-3-4-5-13-11-10(15(16)17)6-9(7-12)8-14-11/h6,8H,4-5H2,1H3,(H,13,14). The van der Waals surface area contributed by atoms with E-state index in [2.05, 4.69) is 22.1 Å². The third-order valence-electron chi connectivity index (χ3n) is 1.91. The highest BCUT2D eigenvalue weighted by Gasteiger charge is 2.15. The molecule has 1 N–H and O–H groups in total. The molecule has 0 unspecified atom stereocenters. The van der Waals surface area contributed by atoms with Crippen LogP contribution >= 0.6 is 0 Å². The van der Waals surface area contributed by atoms with Gasteiger partial charge in [0.1, 0.15) is 6.07 Å². The van der Waals surface area contributed by atoms with Crippen LogP contribution in [-0.2, 0) is 0 Å². The third kappa shape index (κ3) is 3.47. The van der Waals surface area contributed by atoms with Crippen molar-refractivity contribution in [1.29, 1.82) is 5.26 Å². The van der Waals surface area contributed by atoms with Crippen LogP contribution in [0.4, 0.5) is 11.5 Å². The van der Waals surface area contributed by atoms with E-state index in [-0.39, 0.29) is 17.1 Å². The fraction of sp³-hybridized carbons (Fsp3) is 0.273. The van der Waals surface area contributed by atoms with Gasteiger partial charge >= 0.3 is 5.69 Å². The summed E-state index contributed by atoms with van der Waals surface area (Å²) >= 11 is 0. The molecule has 0 bridgehead atoms. The number of aromatic nitrogens is 1. The Kier molecular flexibility index (Phi) is 4.46. The molecule has 1 rings (SSSR count). The van der Waals surface area contributed by atoms with Gasteiger partial charge in [-0.2, -0.15) is 5.26 Å². The monoisotopic (exact) mass is 230 g/mol. The van der Waals surface area contributed by atoms with Gasteiger partial charge in [0.05, 0.1) is 10.5 Å². The molecule has 1 aromatic heterocycles. The van der Waals surface area contributed by atoms with E-state index in [4.69, 9.17) is 5.26 Å². The van der Waals surface area contributed by atoms with E-state index in [1.54, 1.807) is 6.92 Å². The van der Waals surface area contributed by atoms with Gasteiger partial charge in [0.2, 0.25) is 5.82 Å². The Morgan fingerprint density at radius 2 is 2.41 bits per heavy atom. The minimum atomic E-state index is -0.568. The molecule has 6 nitrogen and oxygen atoms in total. The molecular formula is C11H10N4O2. The molecule has 6 heteroatoms. The Hall–Kier alpha value is -2.60. The maximum Gasteiger partial charge on any atom is 0.312 e. The second-order valence-electron chi connectivity index (χ2n) is 3.06. The number of nitrogens with one attached hydrogen (secondary N) is 1. The first-order valence-corrected chi connectivity index (χ1v) is 4.87. The second-order valence-corrected chi connectivity index (χ2v) is 3.06. The molecule has 1 heterocycles. The Bertz CT molecular complexity index is 522. The summed E-state index contributed by atoms with van der Waals surface area (Å²) in [6, 6.07) is 3.00. The number of nitriles is 1. The first kappa shape index (κ1) is 12.5. The molecule has 0 fully saturated rings. The van der Waals surface area contributed by atoms with Crippen molar-refractivity contribution in [2.24, 2.45) is 0 Å². The van der Waals surface area contributed by atoms with Crippen molar-refractivity contribution in [1.82, 2.24) is 4.98 Å². The van der Waals surface area contributed by atoms with Gasteiger partial charge in [0, 0.05) is 25.2 Å². The summed E-state index contributed by atoms with van der Waals surface area (Å²) in [4.78, 5) is 14.0. The first-order chi connectivity index (χ1) is 8.19. The lowest BCUT2D eigenvalue weighted by atomic mass is 10.2. The van der Waals surface area contributed by atoms with E-state index in [1.807, 2.05) is 6.07 Å². The molecule has 0 aliphatic rings. The lowest BCUT2D eigenvalue weighted by molar-refractivity contribution is -0.384. The normalized spacial score (nSPS) is 8.71. The van der Waals surface area contributed by atoms with Crippen LogP contribution in [-0.4, -0.2) is 16.5 Å². The zero-order valence-corrected chi connectivity index (χ0v) is 9.23. The summed E-state index contributed by atoms with van der Waals surface area (Å²) < 4.78 is 0. The van der Waals surface area contributed by atoms with Crippen molar-refractivity contribution in [3.8, 4) is 17.9 Å². The van der Waals surface area contributed by atoms with Gasteiger partial charge in [-0.15, -0.1) is 11.8 Å². The van der Waals surface area contributed by atoms with Crippen LogP contribution in [0.15, 0.2) is 12.3 Å². The lowest BCUT2D eigenvalue weighted by Crippen LogP contribution is -2.06. The zero-order valence-electron chi connectivity index (χ0n) is 9.23. The van der Waals surface area contributed by atoms with E-state index < -0.39 is 4.92 Å². The average Bonchev–Trinajstić information content (AvgIpc) is 2.34. The Morgan fingerprint density at radius 1 is 1.65 bits per heavy atom. The highest BCUT2D eigenvalue weighted by atomic mass is 16.6. The maximum atomic E-state index is 10.8. The Labute approximate surface area is 98.4 Å². The van der Waals surface area contributed by atoms with Gasteiger partial charge in [-0.05, 0) is 6.92 Å². The predicted molar refractivity (Wildman–Crippen MR) is 62.2 cm³/mol. The Morgan fingerprint density at radius 3 is 3.00 bits per heavy atom. The number of hydrogen-bond donors (Lipinski definition) is 1. The molecule has 0 saturated carbocycles. The topological polar surface area (TPSA) is 91.8 Å². The van der Waals surface area contributed by atoms with Gasteiger partial charge in [0.15, 0.2) is 0 Å². The number of rotatable bonds is 4. The number of nitrogens with zero attached hydrogens (tertiary/aromatic N) is 3. The smallest absolute Gasteiger partial charge is 0.312 e. The molecule has 0 aromatic carbocycles. The van der Waals surface area contributed by atoms with E-state index in [1.165, 1.54) is 12.3 Å². The summed E-state index contributed by atoms with van der Waals surface area (Å²) in [7, 11) is 0. The molecule has 0 saturated heterocycles. The zero-order chi connectivity index (χ0) is 12.7. The summed E-state index contributed by atoms with van der Waals surface area (Å²) in [5.41, 5.74) is -0.0379. The molecule has 0 atom stereocenters. The lowest BCUT2D eigenvalue weighted by Gasteiger charge is -2.03. The number of nitro groups is 1. The molecule has 17 heavy (non-hydrogen) atoms. The minimum absolute atomic E-state index is 0.159. The van der Waals surface area contributed by atoms with E-state index >= 15 is 0 Å². The summed E-state index contributed by atoms with van der Waals surface area (Å²) in [6.07, 6.45) is 1.87. The number of anilines is 1. The SMILES string of the molecule is CC#CCCNc1ncc(C#N)cc1[N+](=O)[O-].